The number of rotatable bonds is 6. The fraction of sp³-hybridized carbons (Fsp3) is 0.417. The Morgan fingerprint density at radius 2 is 2.33 bits per heavy atom. The van der Waals surface area contributed by atoms with Gasteiger partial charge in [-0.3, -0.25) is 0 Å². The van der Waals surface area contributed by atoms with E-state index < -0.39 is 0 Å². The van der Waals surface area contributed by atoms with Crippen molar-refractivity contribution < 1.29 is 4.74 Å². The second-order valence-electron chi connectivity index (χ2n) is 3.95. The number of nitrogens with zero attached hydrogens (tertiary/aromatic N) is 4. The lowest BCUT2D eigenvalue weighted by Gasteiger charge is -2.14. The van der Waals surface area contributed by atoms with E-state index in [4.69, 9.17) is 4.74 Å². The molecule has 18 heavy (non-hydrogen) atoms. The van der Waals surface area contributed by atoms with Crippen LogP contribution >= 0.6 is 0 Å². The van der Waals surface area contributed by atoms with Crippen LogP contribution in [-0.4, -0.2) is 39.0 Å². The largest absolute Gasteiger partial charge is 0.380 e. The standard InChI is InChI=1S/C12H17N5O/c1-3-18-7-10(2)16-11-4-5-12(14-6-11)17-9-13-8-15-17/h4-6,8-10,16H,3,7H2,1-2H3. The van der Waals surface area contributed by atoms with E-state index in [-0.39, 0.29) is 6.04 Å². The first kappa shape index (κ1) is 12.5. The lowest BCUT2D eigenvalue weighted by molar-refractivity contribution is 0.141. The summed E-state index contributed by atoms with van der Waals surface area (Å²) in [7, 11) is 0. The Kier molecular flexibility index (Phi) is 4.25. The zero-order chi connectivity index (χ0) is 12.8. The number of ether oxygens (including phenoxy) is 1. The summed E-state index contributed by atoms with van der Waals surface area (Å²) in [5.74, 6) is 0.746. The Labute approximate surface area is 106 Å². The molecule has 6 nitrogen and oxygen atoms in total. The molecule has 2 rings (SSSR count). The SMILES string of the molecule is CCOCC(C)Nc1ccc(-n2cncn2)nc1. The van der Waals surface area contributed by atoms with Crippen LogP contribution in [0.5, 0.6) is 0 Å². The Balaban J connectivity index is 1.95. The molecule has 0 aliphatic rings. The molecule has 96 valence electrons. The molecular formula is C12H17N5O. The summed E-state index contributed by atoms with van der Waals surface area (Å²) < 4.78 is 6.96. The van der Waals surface area contributed by atoms with E-state index in [1.807, 2.05) is 19.1 Å². The molecule has 2 aromatic heterocycles. The molecule has 0 radical (unpaired) electrons. The zero-order valence-corrected chi connectivity index (χ0v) is 10.6. The van der Waals surface area contributed by atoms with Gasteiger partial charge in [0.15, 0.2) is 5.82 Å². The van der Waals surface area contributed by atoms with Gasteiger partial charge in [-0.15, -0.1) is 0 Å². The highest BCUT2D eigenvalue weighted by Gasteiger charge is 2.03. The van der Waals surface area contributed by atoms with Crippen LogP contribution in [-0.2, 0) is 4.74 Å². The minimum Gasteiger partial charge on any atom is -0.380 e. The molecule has 2 aromatic rings. The Hall–Kier alpha value is -1.95. The molecular weight excluding hydrogens is 230 g/mol. The quantitative estimate of drug-likeness (QED) is 0.838. The first-order valence-electron chi connectivity index (χ1n) is 5.95. The van der Waals surface area contributed by atoms with Crippen molar-refractivity contribution in [3.63, 3.8) is 0 Å². The molecule has 0 saturated heterocycles. The molecule has 1 unspecified atom stereocenters. The van der Waals surface area contributed by atoms with Crippen molar-refractivity contribution >= 4 is 5.69 Å². The van der Waals surface area contributed by atoms with Crippen molar-refractivity contribution in [2.75, 3.05) is 18.5 Å². The molecule has 0 spiro atoms. The second kappa shape index (κ2) is 6.11. The Morgan fingerprint density at radius 1 is 1.44 bits per heavy atom. The van der Waals surface area contributed by atoms with Gasteiger partial charge < -0.3 is 10.1 Å². The van der Waals surface area contributed by atoms with E-state index in [1.165, 1.54) is 6.33 Å². The van der Waals surface area contributed by atoms with Gasteiger partial charge in [0.2, 0.25) is 0 Å². The van der Waals surface area contributed by atoms with Crippen molar-refractivity contribution in [2.45, 2.75) is 19.9 Å². The molecule has 0 saturated carbocycles. The third-order valence-corrected chi connectivity index (χ3v) is 2.39. The predicted octanol–water partition coefficient (Wildman–Crippen LogP) is 1.50. The first-order valence-corrected chi connectivity index (χ1v) is 5.95. The van der Waals surface area contributed by atoms with Crippen LogP contribution in [0.4, 0.5) is 5.69 Å². The highest BCUT2D eigenvalue weighted by Crippen LogP contribution is 2.09. The van der Waals surface area contributed by atoms with Crippen LogP contribution in [0.15, 0.2) is 31.0 Å². The molecule has 0 fully saturated rings. The molecule has 0 amide bonds. The van der Waals surface area contributed by atoms with E-state index in [9.17, 15) is 0 Å². The van der Waals surface area contributed by atoms with Crippen LogP contribution in [0.25, 0.3) is 5.82 Å². The maximum atomic E-state index is 5.34. The topological polar surface area (TPSA) is 64.9 Å². The summed E-state index contributed by atoms with van der Waals surface area (Å²) in [6.45, 7) is 5.47. The smallest absolute Gasteiger partial charge is 0.155 e. The summed E-state index contributed by atoms with van der Waals surface area (Å²) in [6.07, 6.45) is 4.88. The normalized spacial score (nSPS) is 12.3. The van der Waals surface area contributed by atoms with Crippen molar-refractivity contribution in [1.29, 1.82) is 0 Å². The summed E-state index contributed by atoms with van der Waals surface area (Å²) in [4.78, 5) is 8.19. The minimum atomic E-state index is 0.254. The van der Waals surface area contributed by atoms with Gasteiger partial charge in [0, 0.05) is 12.6 Å². The average molecular weight is 247 g/mol. The third kappa shape index (κ3) is 3.27. The van der Waals surface area contributed by atoms with Gasteiger partial charge in [-0.2, -0.15) is 5.10 Å². The van der Waals surface area contributed by atoms with Crippen molar-refractivity contribution in [3.8, 4) is 5.82 Å². The van der Waals surface area contributed by atoms with Gasteiger partial charge in [-0.1, -0.05) is 0 Å². The fourth-order valence-electron chi connectivity index (χ4n) is 1.55. The number of hydrogen-bond donors (Lipinski definition) is 1. The van der Waals surface area contributed by atoms with Crippen LogP contribution in [0.3, 0.4) is 0 Å². The van der Waals surface area contributed by atoms with E-state index in [0.29, 0.717) is 6.61 Å². The molecule has 1 N–H and O–H groups in total. The molecule has 2 heterocycles. The maximum absolute atomic E-state index is 5.34. The van der Waals surface area contributed by atoms with Crippen molar-refractivity contribution in [3.05, 3.63) is 31.0 Å². The van der Waals surface area contributed by atoms with Gasteiger partial charge >= 0.3 is 0 Å². The van der Waals surface area contributed by atoms with Crippen LogP contribution in [0, 0.1) is 0 Å². The highest BCUT2D eigenvalue weighted by atomic mass is 16.5. The van der Waals surface area contributed by atoms with Crippen molar-refractivity contribution in [1.82, 2.24) is 19.7 Å². The number of nitrogens with one attached hydrogen (secondary N) is 1. The molecule has 0 bridgehead atoms. The average Bonchev–Trinajstić information content (AvgIpc) is 2.91. The number of hydrogen-bond acceptors (Lipinski definition) is 5. The lowest BCUT2D eigenvalue weighted by Crippen LogP contribution is -2.21. The van der Waals surface area contributed by atoms with Gasteiger partial charge in [-0.25, -0.2) is 14.6 Å². The number of pyridine rings is 1. The zero-order valence-electron chi connectivity index (χ0n) is 10.6. The fourth-order valence-corrected chi connectivity index (χ4v) is 1.55. The highest BCUT2D eigenvalue weighted by molar-refractivity contribution is 5.44. The van der Waals surface area contributed by atoms with Crippen LogP contribution < -0.4 is 5.32 Å². The first-order chi connectivity index (χ1) is 8.79. The monoisotopic (exact) mass is 247 g/mol. The minimum absolute atomic E-state index is 0.254. The molecule has 6 heteroatoms. The Morgan fingerprint density at radius 3 is 2.94 bits per heavy atom. The summed E-state index contributed by atoms with van der Waals surface area (Å²) in [6, 6.07) is 4.11. The summed E-state index contributed by atoms with van der Waals surface area (Å²) in [5.41, 5.74) is 0.964. The van der Waals surface area contributed by atoms with Crippen LogP contribution in [0.1, 0.15) is 13.8 Å². The predicted molar refractivity (Wildman–Crippen MR) is 68.7 cm³/mol. The summed E-state index contributed by atoms with van der Waals surface area (Å²) in [5, 5.41) is 7.34. The molecule has 0 aromatic carbocycles. The van der Waals surface area contributed by atoms with Gasteiger partial charge in [0.1, 0.15) is 12.7 Å². The van der Waals surface area contributed by atoms with Crippen LogP contribution in [0.2, 0.25) is 0 Å². The Bertz CT molecular complexity index is 454. The summed E-state index contributed by atoms with van der Waals surface area (Å²) >= 11 is 0. The van der Waals surface area contributed by atoms with E-state index in [2.05, 4.69) is 27.3 Å². The van der Waals surface area contributed by atoms with Crippen molar-refractivity contribution in [2.24, 2.45) is 0 Å². The number of anilines is 1. The molecule has 0 aliphatic heterocycles. The maximum Gasteiger partial charge on any atom is 0.155 e. The van der Waals surface area contributed by atoms with E-state index in [1.54, 1.807) is 17.2 Å². The van der Waals surface area contributed by atoms with Gasteiger partial charge in [-0.05, 0) is 26.0 Å². The van der Waals surface area contributed by atoms with Gasteiger partial charge in [0.05, 0.1) is 18.5 Å². The van der Waals surface area contributed by atoms with E-state index >= 15 is 0 Å². The second-order valence-corrected chi connectivity index (χ2v) is 3.95. The van der Waals surface area contributed by atoms with Gasteiger partial charge in [0.25, 0.3) is 0 Å². The molecule has 0 aliphatic carbocycles. The van der Waals surface area contributed by atoms with E-state index in [0.717, 1.165) is 18.1 Å². The molecule has 1 atom stereocenters. The number of aromatic nitrogens is 4. The third-order valence-electron chi connectivity index (χ3n) is 2.39. The lowest BCUT2D eigenvalue weighted by atomic mass is 10.3.